The van der Waals surface area contributed by atoms with Crippen molar-refractivity contribution in [2.75, 3.05) is 32.7 Å². The lowest BCUT2D eigenvalue weighted by atomic mass is 10.3. The number of hydrogen-bond donors (Lipinski definition) is 2. The predicted molar refractivity (Wildman–Crippen MR) is 73.7 cm³/mol. The van der Waals surface area contributed by atoms with E-state index in [4.69, 9.17) is 5.26 Å². The summed E-state index contributed by atoms with van der Waals surface area (Å²) in [4.78, 5) is 13.8. The number of nitrogens with one attached hydrogen (secondary N) is 2. The number of piperazine rings is 1. The van der Waals surface area contributed by atoms with E-state index in [2.05, 4.69) is 10.0 Å². The molecule has 0 bridgehead atoms. The van der Waals surface area contributed by atoms with Crippen LogP contribution in [0.3, 0.4) is 0 Å². The van der Waals surface area contributed by atoms with Gasteiger partial charge in [0, 0.05) is 26.2 Å². The molecule has 0 aromatic carbocycles. The maximum atomic E-state index is 12.0. The molecule has 0 unspecified atom stereocenters. The van der Waals surface area contributed by atoms with Crippen molar-refractivity contribution in [3.8, 4) is 6.07 Å². The van der Waals surface area contributed by atoms with Crippen LogP contribution in [0.1, 0.15) is 4.88 Å². The van der Waals surface area contributed by atoms with Crippen molar-refractivity contribution in [2.45, 2.75) is 4.21 Å². The molecule has 0 aliphatic carbocycles. The molecule has 9 heteroatoms. The average Bonchev–Trinajstić information content (AvgIpc) is 2.95. The Kier molecular flexibility index (Phi) is 4.72. The summed E-state index contributed by atoms with van der Waals surface area (Å²) in [5, 5.41) is 11.8. The summed E-state index contributed by atoms with van der Waals surface area (Å²) in [6.07, 6.45) is 0. The van der Waals surface area contributed by atoms with Crippen molar-refractivity contribution in [3.63, 3.8) is 0 Å². The summed E-state index contributed by atoms with van der Waals surface area (Å²) in [7, 11) is -3.73. The largest absolute Gasteiger partial charge is 0.339 e. The van der Waals surface area contributed by atoms with Gasteiger partial charge in [-0.1, -0.05) is 0 Å². The highest BCUT2D eigenvalue weighted by atomic mass is 32.2. The van der Waals surface area contributed by atoms with Crippen LogP contribution in [0.5, 0.6) is 0 Å². The third-order valence-electron chi connectivity index (χ3n) is 2.84. The summed E-state index contributed by atoms with van der Waals surface area (Å²) in [5.74, 6) is -0.243. The third-order valence-corrected chi connectivity index (χ3v) is 5.72. The van der Waals surface area contributed by atoms with Gasteiger partial charge in [-0.25, -0.2) is 13.1 Å². The molecule has 108 valence electrons. The Bertz CT molecular complexity index is 626. The number of nitrogens with zero attached hydrogens (tertiary/aromatic N) is 2. The van der Waals surface area contributed by atoms with Gasteiger partial charge in [0.1, 0.15) is 15.2 Å². The predicted octanol–water partition coefficient (Wildman–Crippen LogP) is -0.670. The molecule has 1 aliphatic rings. The highest BCUT2D eigenvalue weighted by Gasteiger charge is 2.21. The first-order chi connectivity index (χ1) is 9.53. The van der Waals surface area contributed by atoms with Crippen LogP contribution in [0, 0.1) is 11.3 Å². The Morgan fingerprint density at radius 3 is 2.75 bits per heavy atom. The van der Waals surface area contributed by atoms with Crippen LogP contribution in [-0.2, 0) is 14.8 Å². The van der Waals surface area contributed by atoms with E-state index in [-0.39, 0.29) is 16.7 Å². The fourth-order valence-corrected chi connectivity index (χ4v) is 3.90. The van der Waals surface area contributed by atoms with Crippen LogP contribution in [0.25, 0.3) is 0 Å². The van der Waals surface area contributed by atoms with Crippen molar-refractivity contribution in [1.82, 2.24) is 14.9 Å². The Labute approximate surface area is 121 Å². The van der Waals surface area contributed by atoms with Gasteiger partial charge in [0.25, 0.3) is 10.0 Å². The van der Waals surface area contributed by atoms with Gasteiger partial charge in [-0.05, 0) is 12.1 Å². The van der Waals surface area contributed by atoms with Gasteiger partial charge in [0.05, 0.1) is 6.54 Å². The van der Waals surface area contributed by atoms with Gasteiger partial charge in [0.2, 0.25) is 5.91 Å². The number of sulfonamides is 1. The van der Waals surface area contributed by atoms with Crippen molar-refractivity contribution in [3.05, 3.63) is 17.0 Å². The van der Waals surface area contributed by atoms with E-state index >= 15 is 0 Å². The van der Waals surface area contributed by atoms with E-state index < -0.39 is 10.0 Å². The van der Waals surface area contributed by atoms with Crippen LogP contribution < -0.4 is 10.0 Å². The maximum Gasteiger partial charge on any atom is 0.250 e. The molecule has 1 fully saturated rings. The lowest BCUT2D eigenvalue weighted by molar-refractivity contribution is -0.130. The van der Waals surface area contributed by atoms with E-state index in [9.17, 15) is 13.2 Å². The molecule has 0 saturated carbocycles. The number of rotatable bonds is 4. The minimum atomic E-state index is -3.73. The molecule has 1 saturated heterocycles. The standard InChI is InChI=1S/C11H14N4O3S2/c12-7-9-1-2-11(19-9)20(17,18)14-8-10(16)15-5-3-13-4-6-15/h1-2,13-14H,3-6,8H2. The van der Waals surface area contributed by atoms with Crippen LogP contribution in [0.15, 0.2) is 16.3 Å². The van der Waals surface area contributed by atoms with Crippen LogP contribution in [0.4, 0.5) is 0 Å². The van der Waals surface area contributed by atoms with Crippen molar-refractivity contribution >= 4 is 27.3 Å². The maximum absolute atomic E-state index is 12.0. The Morgan fingerprint density at radius 1 is 1.45 bits per heavy atom. The zero-order chi connectivity index (χ0) is 14.6. The minimum absolute atomic E-state index is 0.0437. The number of carbonyl (C=O) groups is 1. The lowest BCUT2D eigenvalue weighted by Crippen LogP contribution is -2.49. The van der Waals surface area contributed by atoms with Gasteiger partial charge in [-0.2, -0.15) is 5.26 Å². The van der Waals surface area contributed by atoms with Gasteiger partial charge < -0.3 is 10.2 Å². The summed E-state index contributed by atoms with van der Waals surface area (Å²) in [6.45, 7) is 2.34. The molecule has 1 aromatic heterocycles. The summed E-state index contributed by atoms with van der Waals surface area (Å²) in [6, 6.07) is 4.68. The molecule has 0 radical (unpaired) electrons. The first-order valence-corrected chi connectivity index (χ1v) is 8.31. The fraction of sp³-hybridized carbons (Fsp3) is 0.455. The second-order valence-electron chi connectivity index (χ2n) is 4.19. The fourth-order valence-electron chi connectivity index (χ4n) is 1.78. The molecule has 20 heavy (non-hydrogen) atoms. The second-order valence-corrected chi connectivity index (χ2v) is 7.26. The van der Waals surface area contributed by atoms with Gasteiger partial charge in [-0.3, -0.25) is 4.79 Å². The average molecular weight is 314 g/mol. The molecule has 2 rings (SSSR count). The number of nitriles is 1. The first kappa shape index (κ1) is 14.9. The molecule has 1 aliphatic heterocycles. The number of hydrogen-bond acceptors (Lipinski definition) is 6. The van der Waals surface area contributed by atoms with Gasteiger partial charge >= 0.3 is 0 Å². The Morgan fingerprint density at radius 2 is 2.15 bits per heavy atom. The van der Waals surface area contributed by atoms with Gasteiger partial charge in [-0.15, -0.1) is 11.3 Å². The van der Waals surface area contributed by atoms with E-state index in [1.54, 1.807) is 4.90 Å². The molecular formula is C11H14N4O3S2. The molecule has 2 heterocycles. The zero-order valence-corrected chi connectivity index (χ0v) is 12.3. The van der Waals surface area contributed by atoms with E-state index in [1.807, 2.05) is 6.07 Å². The topological polar surface area (TPSA) is 102 Å². The highest BCUT2D eigenvalue weighted by Crippen LogP contribution is 2.20. The van der Waals surface area contributed by atoms with E-state index in [0.29, 0.717) is 18.0 Å². The van der Waals surface area contributed by atoms with Gasteiger partial charge in [0.15, 0.2) is 0 Å². The SMILES string of the molecule is N#Cc1ccc(S(=O)(=O)NCC(=O)N2CCNCC2)s1. The van der Waals surface area contributed by atoms with Crippen molar-refractivity contribution in [1.29, 1.82) is 5.26 Å². The minimum Gasteiger partial charge on any atom is -0.339 e. The highest BCUT2D eigenvalue weighted by molar-refractivity contribution is 7.91. The number of amides is 1. The normalized spacial score (nSPS) is 15.8. The molecule has 0 atom stereocenters. The summed E-state index contributed by atoms with van der Waals surface area (Å²) >= 11 is 0.881. The lowest BCUT2D eigenvalue weighted by Gasteiger charge is -2.27. The van der Waals surface area contributed by atoms with E-state index in [1.165, 1.54) is 12.1 Å². The summed E-state index contributed by atoms with van der Waals surface area (Å²) < 4.78 is 26.2. The Hall–Kier alpha value is -1.47. The summed E-state index contributed by atoms with van der Waals surface area (Å²) in [5.41, 5.74) is 0. The molecule has 0 spiro atoms. The molecule has 7 nitrogen and oxygen atoms in total. The molecule has 1 aromatic rings. The molecule has 2 N–H and O–H groups in total. The third kappa shape index (κ3) is 3.55. The monoisotopic (exact) mass is 314 g/mol. The quantitative estimate of drug-likeness (QED) is 0.767. The van der Waals surface area contributed by atoms with Crippen LogP contribution >= 0.6 is 11.3 Å². The van der Waals surface area contributed by atoms with Crippen molar-refractivity contribution < 1.29 is 13.2 Å². The van der Waals surface area contributed by atoms with Crippen LogP contribution in [0.2, 0.25) is 0 Å². The Balaban J connectivity index is 1.95. The molecular weight excluding hydrogens is 300 g/mol. The number of carbonyl (C=O) groups excluding carboxylic acids is 1. The zero-order valence-electron chi connectivity index (χ0n) is 10.6. The van der Waals surface area contributed by atoms with E-state index in [0.717, 1.165) is 24.4 Å². The first-order valence-electron chi connectivity index (χ1n) is 6.01. The van der Waals surface area contributed by atoms with Crippen LogP contribution in [-0.4, -0.2) is 51.9 Å². The second kappa shape index (κ2) is 6.32. The smallest absolute Gasteiger partial charge is 0.250 e. The number of thiophene rings is 1. The molecule has 1 amide bonds. The van der Waals surface area contributed by atoms with Crippen molar-refractivity contribution in [2.24, 2.45) is 0 Å².